The maximum atomic E-state index is 12.5. The molecule has 0 spiro atoms. The minimum atomic E-state index is -0.170. The number of aryl methyl sites for hydroxylation is 2. The number of ether oxygens (including phenoxy) is 1. The summed E-state index contributed by atoms with van der Waals surface area (Å²) in [5, 5.41) is 4.16. The average Bonchev–Trinajstić information content (AvgIpc) is 3.10. The highest BCUT2D eigenvalue weighted by Crippen LogP contribution is 2.26. The van der Waals surface area contributed by atoms with Crippen LogP contribution in [0.15, 0.2) is 40.9 Å². The largest absolute Gasteiger partial charge is 0.490 e. The fraction of sp³-hybridized carbons (Fsp3) is 0.409. The Balaban J connectivity index is 1.31. The summed E-state index contributed by atoms with van der Waals surface area (Å²) >= 11 is 0. The SMILES string of the molecule is CCc1nc(C)c(C(=O)NC2CCC(Oc3ccc4ncccc4c3)CC2)o1. The molecule has 1 saturated carbocycles. The monoisotopic (exact) mass is 379 g/mol. The minimum Gasteiger partial charge on any atom is -0.490 e. The smallest absolute Gasteiger partial charge is 0.289 e. The number of nitrogens with one attached hydrogen (secondary N) is 1. The number of carbonyl (C=O) groups is 1. The molecule has 2 aromatic heterocycles. The Bertz CT molecular complexity index is 974. The summed E-state index contributed by atoms with van der Waals surface area (Å²) in [6.45, 7) is 3.77. The molecule has 0 saturated heterocycles. The summed E-state index contributed by atoms with van der Waals surface area (Å²) in [7, 11) is 0. The fourth-order valence-electron chi connectivity index (χ4n) is 3.71. The maximum absolute atomic E-state index is 12.5. The molecule has 1 aliphatic carbocycles. The van der Waals surface area contributed by atoms with E-state index in [2.05, 4.69) is 15.3 Å². The number of nitrogens with zero attached hydrogens (tertiary/aromatic N) is 2. The number of hydrogen-bond acceptors (Lipinski definition) is 5. The first-order chi connectivity index (χ1) is 13.6. The molecular weight excluding hydrogens is 354 g/mol. The van der Waals surface area contributed by atoms with Gasteiger partial charge in [0.2, 0.25) is 5.76 Å². The summed E-state index contributed by atoms with van der Waals surface area (Å²) in [5.41, 5.74) is 1.62. The van der Waals surface area contributed by atoms with E-state index in [9.17, 15) is 4.79 Å². The van der Waals surface area contributed by atoms with Crippen LogP contribution in [-0.2, 0) is 6.42 Å². The van der Waals surface area contributed by atoms with Crippen LogP contribution in [0.5, 0.6) is 5.75 Å². The second kappa shape index (κ2) is 8.00. The van der Waals surface area contributed by atoms with Crippen LogP contribution in [0.1, 0.15) is 54.7 Å². The lowest BCUT2D eigenvalue weighted by atomic mass is 9.92. The summed E-state index contributed by atoms with van der Waals surface area (Å²) in [5.74, 6) is 1.64. The molecule has 3 aromatic rings. The molecule has 2 heterocycles. The third kappa shape index (κ3) is 4.01. The van der Waals surface area contributed by atoms with Crippen LogP contribution in [0, 0.1) is 6.92 Å². The molecule has 1 N–H and O–H groups in total. The highest BCUT2D eigenvalue weighted by Gasteiger charge is 2.26. The van der Waals surface area contributed by atoms with Crippen molar-refractivity contribution < 1.29 is 13.9 Å². The molecule has 4 rings (SSSR count). The average molecular weight is 379 g/mol. The first kappa shape index (κ1) is 18.5. The summed E-state index contributed by atoms with van der Waals surface area (Å²) in [6, 6.07) is 10.1. The Hall–Kier alpha value is -2.89. The molecule has 0 unspecified atom stereocenters. The summed E-state index contributed by atoms with van der Waals surface area (Å²) in [6.07, 6.45) is 6.24. The van der Waals surface area contributed by atoms with E-state index in [0.29, 0.717) is 23.8 Å². The Morgan fingerprint density at radius 2 is 2.07 bits per heavy atom. The van der Waals surface area contributed by atoms with Crippen molar-refractivity contribution in [1.82, 2.24) is 15.3 Å². The molecule has 1 fully saturated rings. The number of benzene rings is 1. The predicted octanol–water partition coefficient (Wildman–Crippen LogP) is 4.21. The van der Waals surface area contributed by atoms with Gasteiger partial charge in [-0.1, -0.05) is 13.0 Å². The molecule has 1 aliphatic rings. The lowest BCUT2D eigenvalue weighted by Crippen LogP contribution is -2.39. The van der Waals surface area contributed by atoms with Gasteiger partial charge in [-0.25, -0.2) is 4.98 Å². The van der Waals surface area contributed by atoms with E-state index < -0.39 is 0 Å². The molecule has 1 amide bonds. The second-order valence-electron chi connectivity index (χ2n) is 7.30. The molecule has 0 aliphatic heterocycles. The molecule has 6 nitrogen and oxygen atoms in total. The van der Waals surface area contributed by atoms with Gasteiger partial charge >= 0.3 is 0 Å². The quantitative estimate of drug-likeness (QED) is 0.718. The Morgan fingerprint density at radius 3 is 2.82 bits per heavy atom. The fourth-order valence-corrected chi connectivity index (χ4v) is 3.71. The second-order valence-corrected chi connectivity index (χ2v) is 7.30. The summed E-state index contributed by atoms with van der Waals surface area (Å²) in [4.78, 5) is 21.1. The molecular formula is C22H25N3O3. The van der Waals surface area contributed by atoms with E-state index >= 15 is 0 Å². The van der Waals surface area contributed by atoms with Crippen LogP contribution in [0.4, 0.5) is 0 Å². The van der Waals surface area contributed by atoms with E-state index in [-0.39, 0.29) is 18.1 Å². The van der Waals surface area contributed by atoms with Gasteiger partial charge in [-0.3, -0.25) is 9.78 Å². The predicted molar refractivity (Wildman–Crippen MR) is 106 cm³/mol. The first-order valence-electron chi connectivity index (χ1n) is 9.91. The number of fused-ring (bicyclic) bond motifs is 1. The maximum Gasteiger partial charge on any atom is 0.289 e. The lowest BCUT2D eigenvalue weighted by molar-refractivity contribution is 0.0864. The Morgan fingerprint density at radius 1 is 1.25 bits per heavy atom. The van der Waals surface area contributed by atoms with Gasteiger partial charge < -0.3 is 14.5 Å². The number of rotatable bonds is 5. The molecule has 28 heavy (non-hydrogen) atoms. The molecule has 1 aromatic carbocycles. The topological polar surface area (TPSA) is 77.2 Å². The Kier molecular flexibility index (Phi) is 5.28. The van der Waals surface area contributed by atoms with Crippen molar-refractivity contribution in [3.8, 4) is 5.75 Å². The Labute approximate surface area is 164 Å². The zero-order chi connectivity index (χ0) is 19.5. The van der Waals surface area contributed by atoms with E-state index in [0.717, 1.165) is 42.3 Å². The van der Waals surface area contributed by atoms with Crippen LogP contribution in [-0.4, -0.2) is 28.0 Å². The van der Waals surface area contributed by atoms with Gasteiger partial charge in [0, 0.05) is 24.0 Å². The van der Waals surface area contributed by atoms with Crippen LogP contribution < -0.4 is 10.1 Å². The van der Waals surface area contributed by atoms with Crippen LogP contribution in [0.25, 0.3) is 10.9 Å². The van der Waals surface area contributed by atoms with Crippen molar-refractivity contribution in [3.05, 3.63) is 53.9 Å². The van der Waals surface area contributed by atoms with E-state index in [4.69, 9.17) is 9.15 Å². The standard InChI is InChI=1S/C22H25N3O3/c1-3-20-24-14(2)21(28-20)22(26)25-16-6-8-17(9-7-16)27-18-10-11-19-15(13-18)5-4-12-23-19/h4-5,10-13,16-17H,3,6-9H2,1-2H3,(H,25,26). The molecule has 6 heteroatoms. The number of hydrogen-bond donors (Lipinski definition) is 1. The minimum absolute atomic E-state index is 0.141. The van der Waals surface area contributed by atoms with Crippen molar-refractivity contribution in [1.29, 1.82) is 0 Å². The number of carbonyl (C=O) groups excluding carboxylic acids is 1. The summed E-state index contributed by atoms with van der Waals surface area (Å²) < 4.78 is 11.7. The lowest BCUT2D eigenvalue weighted by Gasteiger charge is -2.29. The van der Waals surface area contributed by atoms with Gasteiger partial charge in [-0.2, -0.15) is 0 Å². The number of aromatic nitrogens is 2. The highest BCUT2D eigenvalue weighted by molar-refractivity contribution is 5.92. The van der Waals surface area contributed by atoms with Crippen LogP contribution >= 0.6 is 0 Å². The molecule has 0 atom stereocenters. The van der Waals surface area contributed by atoms with Gasteiger partial charge in [-0.15, -0.1) is 0 Å². The van der Waals surface area contributed by atoms with Crippen molar-refractivity contribution in [2.24, 2.45) is 0 Å². The number of pyridine rings is 1. The first-order valence-corrected chi connectivity index (χ1v) is 9.91. The van der Waals surface area contributed by atoms with Crippen molar-refractivity contribution in [2.75, 3.05) is 0 Å². The van der Waals surface area contributed by atoms with E-state index in [1.807, 2.05) is 37.3 Å². The van der Waals surface area contributed by atoms with Gasteiger partial charge in [0.25, 0.3) is 5.91 Å². The highest BCUT2D eigenvalue weighted by atomic mass is 16.5. The van der Waals surface area contributed by atoms with Crippen molar-refractivity contribution in [2.45, 2.75) is 58.1 Å². The zero-order valence-corrected chi connectivity index (χ0v) is 16.3. The van der Waals surface area contributed by atoms with Crippen LogP contribution in [0.2, 0.25) is 0 Å². The van der Waals surface area contributed by atoms with Crippen molar-refractivity contribution >= 4 is 16.8 Å². The third-order valence-corrected chi connectivity index (χ3v) is 5.24. The normalized spacial score (nSPS) is 19.5. The van der Waals surface area contributed by atoms with Gasteiger partial charge in [-0.05, 0) is 56.9 Å². The van der Waals surface area contributed by atoms with Crippen LogP contribution in [0.3, 0.4) is 0 Å². The third-order valence-electron chi connectivity index (χ3n) is 5.24. The van der Waals surface area contributed by atoms with E-state index in [1.54, 1.807) is 13.1 Å². The zero-order valence-electron chi connectivity index (χ0n) is 16.3. The van der Waals surface area contributed by atoms with Gasteiger partial charge in [0.1, 0.15) is 5.75 Å². The molecule has 146 valence electrons. The molecule has 0 bridgehead atoms. The van der Waals surface area contributed by atoms with Gasteiger partial charge in [0.05, 0.1) is 17.3 Å². The molecule has 0 radical (unpaired) electrons. The number of amides is 1. The van der Waals surface area contributed by atoms with E-state index in [1.165, 1.54) is 0 Å². The van der Waals surface area contributed by atoms with Gasteiger partial charge in [0.15, 0.2) is 5.89 Å². The van der Waals surface area contributed by atoms with Crippen molar-refractivity contribution in [3.63, 3.8) is 0 Å². The number of oxazole rings is 1.